The van der Waals surface area contributed by atoms with Crippen molar-refractivity contribution in [3.05, 3.63) is 130 Å². The number of phenols is 2. The maximum absolute atomic E-state index is 11.2. The van der Waals surface area contributed by atoms with Crippen molar-refractivity contribution in [1.29, 1.82) is 0 Å². The van der Waals surface area contributed by atoms with Crippen LogP contribution in [0.2, 0.25) is 0 Å². The Morgan fingerprint density at radius 1 is 0.500 bits per heavy atom. The first-order valence-corrected chi connectivity index (χ1v) is 14.2. The van der Waals surface area contributed by atoms with Gasteiger partial charge in [-0.1, -0.05) is 139 Å². The number of nitrogens with one attached hydrogen (secondary N) is 2. The van der Waals surface area contributed by atoms with Gasteiger partial charge in [0.05, 0.1) is 12.1 Å². The Kier molecular flexibility index (Phi) is 9.02. The van der Waals surface area contributed by atoms with E-state index >= 15 is 0 Å². The van der Waals surface area contributed by atoms with Crippen molar-refractivity contribution in [2.45, 2.75) is 77.5 Å². The molecule has 0 aliphatic heterocycles. The van der Waals surface area contributed by atoms with Crippen LogP contribution in [0.5, 0.6) is 11.5 Å². The lowest BCUT2D eigenvalue weighted by Crippen LogP contribution is -2.35. The van der Waals surface area contributed by atoms with Crippen LogP contribution >= 0.6 is 0 Å². The average molecular weight is 537 g/mol. The third-order valence-electron chi connectivity index (χ3n) is 7.53. The Morgan fingerprint density at radius 2 is 0.850 bits per heavy atom. The summed E-state index contributed by atoms with van der Waals surface area (Å²) in [6.45, 7) is 13.7. The minimum Gasteiger partial charge on any atom is -0.507 e. The zero-order chi connectivity index (χ0) is 28.9. The molecule has 0 fully saturated rings. The molecule has 0 amide bonds. The molecule has 0 saturated heterocycles. The molecule has 4 N–H and O–H groups in total. The Labute approximate surface area is 240 Å². The fraction of sp³-hybridized carbons (Fsp3) is 0.333. The first-order chi connectivity index (χ1) is 19.0. The van der Waals surface area contributed by atoms with E-state index in [1.807, 2.05) is 48.5 Å². The number of hydrogen-bond acceptors (Lipinski definition) is 4. The molecular weight excluding hydrogens is 492 g/mol. The summed E-state index contributed by atoms with van der Waals surface area (Å²) in [7, 11) is 0. The molecule has 4 rings (SSSR count). The highest BCUT2D eigenvalue weighted by Gasteiger charge is 2.27. The normalized spacial score (nSPS) is 13.7. The topological polar surface area (TPSA) is 64.5 Å². The van der Waals surface area contributed by atoms with Gasteiger partial charge >= 0.3 is 0 Å². The number of benzene rings is 4. The van der Waals surface area contributed by atoms with Gasteiger partial charge in [0.1, 0.15) is 11.5 Å². The number of rotatable bonds is 9. The maximum Gasteiger partial charge on any atom is 0.123 e. The Hall–Kier alpha value is -3.60. The van der Waals surface area contributed by atoms with Crippen LogP contribution in [0.4, 0.5) is 0 Å². The van der Waals surface area contributed by atoms with Gasteiger partial charge in [-0.2, -0.15) is 0 Å². The quantitative estimate of drug-likeness (QED) is 0.175. The van der Waals surface area contributed by atoms with Crippen LogP contribution in [0.25, 0.3) is 0 Å². The summed E-state index contributed by atoms with van der Waals surface area (Å²) < 4.78 is 0. The van der Waals surface area contributed by atoms with E-state index in [0.717, 1.165) is 33.4 Å². The number of hydrogen-bond donors (Lipinski definition) is 4. The molecule has 0 bridgehead atoms. The largest absolute Gasteiger partial charge is 0.507 e. The molecule has 0 aliphatic rings. The zero-order valence-corrected chi connectivity index (χ0v) is 24.7. The number of aromatic hydroxyl groups is 2. The van der Waals surface area contributed by atoms with Crippen molar-refractivity contribution in [3.8, 4) is 11.5 Å². The van der Waals surface area contributed by atoms with Gasteiger partial charge in [-0.05, 0) is 33.1 Å². The summed E-state index contributed by atoms with van der Waals surface area (Å²) in [6, 6.07) is 32.6. The average Bonchev–Trinajstić information content (AvgIpc) is 2.91. The monoisotopic (exact) mass is 536 g/mol. The molecule has 4 nitrogen and oxygen atoms in total. The summed E-state index contributed by atoms with van der Waals surface area (Å²) in [4.78, 5) is 0. The molecule has 0 spiro atoms. The molecule has 4 heteroatoms. The molecule has 0 aliphatic carbocycles. The summed E-state index contributed by atoms with van der Waals surface area (Å²) in [5.41, 5.74) is 5.59. The molecule has 0 heterocycles. The third kappa shape index (κ3) is 6.93. The molecular formula is C36H44N2O2. The summed E-state index contributed by atoms with van der Waals surface area (Å²) >= 11 is 0. The molecule has 210 valence electrons. The predicted octanol–water partition coefficient (Wildman–Crippen LogP) is 8.05. The lowest BCUT2D eigenvalue weighted by molar-refractivity contribution is 0.370. The minimum atomic E-state index is -0.156. The van der Waals surface area contributed by atoms with Gasteiger partial charge in [0.2, 0.25) is 0 Å². The molecule has 4 aromatic rings. The summed E-state index contributed by atoms with van der Waals surface area (Å²) in [6.07, 6.45) is 0. The van der Waals surface area contributed by atoms with Crippen LogP contribution in [0, 0.1) is 0 Å². The minimum absolute atomic E-state index is 0.103. The molecule has 0 radical (unpaired) electrons. The van der Waals surface area contributed by atoms with E-state index in [-0.39, 0.29) is 22.9 Å². The van der Waals surface area contributed by atoms with Crippen molar-refractivity contribution >= 4 is 0 Å². The molecule has 4 aromatic carbocycles. The van der Waals surface area contributed by atoms with Crippen LogP contribution in [0.15, 0.2) is 97.1 Å². The highest BCUT2D eigenvalue weighted by atomic mass is 16.3. The third-order valence-corrected chi connectivity index (χ3v) is 7.53. The second kappa shape index (κ2) is 12.3. The van der Waals surface area contributed by atoms with Crippen LogP contribution in [0.3, 0.4) is 0 Å². The van der Waals surface area contributed by atoms with Gasteiger partial charge in [0, 0.05) is 24.2 Å². The van der Waals surface area contributed by atoms with E-state index in [1.165, 1.54) is 0 Å². The maximum atomic E-state index is 11.2. The lowest BCUT2D eigenvalue weighted by Gasteiger charge is -2.31. The predicted molar refractivity (Wildman–Crippen MR) is 166 cm³/mol. The second-order valence-electron chi connectivity index (χ2n) is 12.7. The fourth-order valence-electron chi connectivity index (χ4n) is 5.30. The van der Waals surface area contributed by atoms with E-state index in [4.69, 9.17) is 0 Å². The van der Waals surface area contributed by atoms with Gasteiger partial charge in [0.15, 0.2) is 0 Å². The SMILES string of the molecule is CC(C)(C)c1cccc(CN[C@H](c2ccccc2)[C@H](NCc2cccc(C(C)(C)C)c2O)c2ccccc2)c1O. The van der Waals surface area contributed by atoms with Gasteiger partial charge in [-0.15, -0.1) is 0 Å². The number of phenolic OH excluding ortho intramolecular Hbond substituents is 2. The second-order valence-corrected chi connectivity index (χ2v) is 12.7. The first-order valence-electron chi connectivity index (χ1n) is 14.2. The Morgan fingerprint density at radius 3 is 1.18 bits per heavy atom. The number of para-hydroxylation sites is 2. The fourth-order valence-corrected chi connectivity index (χ4v) is 5.30. The summed E-state index contributed by atoms with van der Waals surface area (Å²) in [5.74, 6) is 0.699. The van der Waals surface area contributed by atoms with Crippen molar-refractivity contribution < 1.29 is 10.2 Å². The Balaban J connectivity index is 1.69. The summed E-state index contributed by atoms with van der Waals surface area (Å²) in [5, 5.41) is 29.9. The van der Waals surface area contributed by atoms with Crippen molar-refractivity contribution in [2.75, 3.05) is 0 Å². The molecule has 2 atom stereocenters. The van der Waals surface area contributed by atoms with E-state index in [1.54, 1.807) is 0 Å². The van der Waals surface area contributed by atoms with Gasteiger partial charge in [0.25, 0.3) is 0 Å². The van der Waals surface area contributed by atoms with Crippen molar-refractivity contribution in [1.82, 2.24) is 10.6 Å². The van der Waals surface area contributed by atoms with E-state index in [9.17, 15) is 10.2 Å². The van der Waals surface area contributed by atoms with Crippen LogP contribution in [0.1, 0.15) is 87.0 Å². The van der Waals surface area contributed by atoms with Gasteiger partial charge < -0.3 is 20.8 Å². The zero-order valence-electron chi connectivity index (χ0n) is 24.7. The molecule has 0 unspecified atom stereocenters. The van der Waals surface area contributed by atoms with Gasteiger partial charge in [-0.25, -0.2) is 0 Å². The lowest BCUT2D eigenvalue weighted by atomic mass is 9.85. The standard InChI is InChI=1S/C36H44N2O2/c1-35(2,3)29-21-13-19-27(33(29)39)23-37-31(25-15-9-7-10-16-25)32(26-17-11-8-12-18-26)38-24-28-20-14-22-30(34(28)40)36(4,5)6/h7-22,31-32,37-40H,23-24H2,1-6H3/t31-,32-/m1/s1. The van der Waals surface area contributed by atoms with E-state index < -0.39 is 0 Å². The highest BCUT2D eigenvalue weighted by Crippen LogP contribution is 2.36. The van der Waals surface area contributed by atoms with Crippen LogP contribution in [-0.2, 0) is 23.9 Å². The van der Waals surface area contributed by atoms with Crippen molar-refractivity contribution in [3.63, 3.8) is 0 Å². The Bertz CT molecular complexity index is 1280. The molecule has 40 heavy (non-hydrogen) atoms. The van der Waals surface area contributed by atoms with E-state index in [2.05, 4.69) is 101 Å². The van der Waals surface area contributed by atoms with Crippen LogP contribution < -0.4 is 10.6 Å². The first kappa shape index (κ1) is 29.4. The molecule has 0 aromatic heterocycles. The van der Waals surface area contributed by atoms with Gasteiger partial charge in [-0.3, -0.25) is 0 Å². The smallest absolute Gasteiger partial charge is 0.123 e. The highest BCUT2D eigenvalue weighted by molar-refractivity contribution is 5.45. The van der Waals surface area contributed by atoms with E-state index in [0.29, 0.717) is 24.6 Å². The molecule has 0 saturated carbocycles. The van der Waals surface area contributed by atoms with Crippen molar-refractivity contribution in [2.24, 2.45) is 0 Å². The van der Waals surface area contributed by atoms with Crippen LogP contribution in [-0.4, -0.2) is 10.2 Å².